The second kappa shape index (κ2) is 6.36. The number of hydrogen-bond acceptors (Lipinski definition) is 4. The number of aliphatic hydroxyl groups is 1. The Kier molecular flexibility index (Phi) is 4.89. The standard InChI is InChI=1S/C15H17F3N2OS/c1-10-13(22-9-20-10)7-19-8-14(2,21)11-4-3-5-12(6-11)15(16,17)18/h3-6,9,19,21H,7-8H2,1-2H3. The number of halogens is 3. The zero-order valence-electron chi connectivity index (χ0n) is 12.2. The van der Waals surface area contributed by atoms with Gasteiger partial charge in [0.1, 0.15) is 0 Å². The number of nitrogens with zero attached hydrogens (tertiary/aromatic N) is 1. The molecular formula is C15H17F3N2OS. The highest BCUT2D eigenvalue weighted by Crippen LogP contribution is 2.32. The van der Waals surface area contributed by atoms with Gasteiger partial charge in [-0.25, -0.2) is 4.98 Å². The molecule has 2 N–H and O–H groups in total. The number of benzene rings is 1. The minimum Gasteiger partial charge on any atom is -0.384 e. The molecule has 0 aliphatic heterocycles. The summed E-state index contributed by atoms with van der Waals surface area (Å²) in [7, 11) is 0. The van der Waals surface area contributed by atoms with Crippen LogP contribution < -0.4 is 5.32 Å². The van der Waals surface area contributed by atoms with E-state index in [0.29, 0.717) is 6.54 Å². The molecule has 1 atom stereocenters. The number of aryl methyl sites for hydroxylation is 1. The van der Waals surface area contributed by atoms with Gasteiger partial charge >= 0.3 is 6.18 Å². The van der Waals surface area contributed by atoms with E-state index in [9.17, 15) is 18.3 Å². The van der Waals surface area contributed by atoms with Crippen LogP contribution in [0.5, 0.6) is 0 Å². The van der Waals surface area contributed by atoms with Crippen LogP contribution in [0.1, 0.15) is 28.6 Å². The lowest BCUT2D eigenvalue weighted by Gasteiger charge is -2.25. The molecule has 1 heterocycles. The van der Waals surface area contributed by atoms with E-state index < -0.39 is 17.3 Å². The molecule has 1 aromatic heterocycles. The van der Waals surface area contributed by atoms with Gasteiger partial charge in [0.25, 0.3) is 0 Å². The Morgan fingerprint density at radius 2 is 1.95 bits per heavy atom. The van der Waals surface area contributed by atoms with E-state index in [1.807, 2.05) is 6.92 Å². The first-order chi connectivity index (χ1) is 10.2. The molecule has 1 unspecified atom stereocenters. The van der Waals surface area contributed by atoms with Crippen molar-refractivity contribution in [2.75, 3.05) is 6.54 Å². The Morgan fingerprint density at radius 1 is 1.27 bits per heavy atom. The van der Waals surface area contributed by atoms with E-state index in [1.165, 1.54) is 30.4 Å². The first-order valence-corrected chi connectivity index (χ1v) is 7.58. The first-order valence-electron chi connectivity index (χ1n) is 6.70. The number of alkyl halides is 3. The summed E-state index contributed by atoms with van der Waals surface area (Å²) in [5.74, 6) is 0. The topological polar surface area (TPSA) is 45.2 Å². The minimum absolute atomic E-state index is 0.144. The van der Waals surface area contributed by atoms with E-state index in [0.717, 1.165) is 22.7 Å². The average Bonchev–Trinajstić information content (AvgIpc) is 2.83. The molecule has 0 aliphatic carbocycles. The van der Waals surface area contributed by atoms with Gasteiger partial charge < -0.3 is 10.4 Å². The fraction of sp³-hybridized carbons (Fsp3) is 0.400. The van der Waals surface area contributed by atoms with Crippen molar-refractivity contribution in [1.82, 2.24) is 10.3 Å². The summed E-state index contributed by atoms with van der Waals surface area (Å²) in [5.41, 5.74) is 0.729. The highest BCUT2D eigenvalue weighted by molar-refractivity contribution is 7.09. The molecule has 22 heavy (non-hydrogen) atoms. The van der Waals surface area contributed by atoms with Gasteiger partial charge in [-0.2, -0.15) is 13.2 Å². The summed E-state index contributed by atoms with van der Waals surface area (Å²) in [6.45, 7) is 4.05. The third kappa shape index (κ3) is 4.06. The summed E-state index contributed by atoms with van der Waals surface area (Å²) in [5, 5.41) is 13.5. The van der Waals surface area contributed by atoms with Crippen molar-refractivity contribution in [3.05, 3.63) is 51.5 Å². The zero-order chi connectivity index (χ0) is 16.4. The average molecular weight is 330 g/mol. The van der Waals surface area contributed by atoms with Crippen molar-refractivity contribution >= 4 is 11.3 Å². The maximum absolute atomic E-state index is 12.7. The van der Waals surface area contributed by atoms with E-state index in [2.05, 4.69) is 10.3 Å². The molecule has 2 aromatic rings. The van der Waals surface area contributed by atoms with Crippen molar-refractivity contribution in [3.8, 4) is 0 Å². The Labute approximate surface area is 130 Å². The van der Waals surface area contributed by atoms with Crippen molar-refractivity contribution in [2.45, 2.75) is 32.2 Å². The highest BCUT2D eigenvalue weighted by Gasteiger charge is 2.32. The molecule has 120 valence electrons. The largest absolute Gasteiger partial charge is 0.416 e. The minimum atomic E-state index is -4.42. The number of thiazole rings is 1. The van der Waals surface area contributed by atoms with Gasteiger partial charge in [-0.1, -0.05) is 12.1 Å². The van der Waals surface area contributed by atoms with Crippen molar-refractivity contribution in [2.24, 2.45) is 0 Å². The Hall–Kier alpha value is -1.44. The van der Waals surface area contributed by atoms with Crippen LogP contribution in [0.25, 0.3) is 0 Å². The number of nitrogens with one attached hydrogen (secondary N) is 1. The third-order valence-electron chi connectivity index (χ3n) is 3.41. The van der Waals surface area contributed by atoms with Crippen molar-refractivity contribution in [1.29, 1.82) is 0 Å². The van der Waals surface area contributed by atoms with Crippen molar-refractivity contribution < 1.29 is 18.3 Å². The molecule has 0 bridgehead atoms. The predicted octanol–water partition coefficient (Wildman–Crippen LogP) is 3.47. The Bertz CT molecular complexity index is 638. The normalized spacial score (nSPS) is 14.8. The maximum Gasteiger partial charge on any atom is 0.416 e. The van der Waals surface area contributed by atoms with Crippen LogP contribution in [0.15, 0.2) is 29.8 Å². The smallest absolute Gasteiger partial charge is 0.384 e. The maximum atomic E-state index is 12.7. The molecule has 0 fully saturated rings. The Morgan fingerprint density at radius 3 is 2.55 bits per heavy atom. The molecule has 0 saturated heterocycles. The van der Waals surface area contributed by atoms with Crippen LogP contribution in [0, 0.1) is 6.92 Å². The highest BCUT2D eigenvalue weighted by atomic mass is 32.1. The summed E-state index contributed by atoms with van der Waals surface area (Å²) >= 11 is 1.50. The van der Waals surface area contributed by atoms with E-state index in [4.69, 9.17) is 0 Å². The first kappa shape index (κ1) is 16.9. The molecule has 1 aromatic carbocycles. The summed E-state index contributed by atoms with van der Waals surface area (Å²) in [6.07, 6.45) is -4.42. The molecular weight excluding hydrogens is 313 g/mol. The molecule has 0 amide bonds. The molecule has 7 heteroatoms. The molecule has 3 nitrogen and oxygen atoms in total. The van der Waals surface area contributed by atoms with Crippen molar-refractivity contribution in [3.63, 3.8) is 0 Å². The van der Waals surface area contributed by atoms with Gasteiger partial charge in [0.15, 0.2) is 0 Å². The van der Waals surface area contributed by atoms with Crippen LogP contribution >= 0.6 is 11.3 Å². The van der Waals surface area contributed by atoms with Gasteiger partial charge in [0.05, 0.1) is 22.4 Å². The molecule has 2 rings (SSSR count). The van der Waals surface area contributed by atoms with Crippen LogP contribution in [-0.2, 0) is 18.3 Å². The second-order valence-corrected chi connectivity index (χ2v) is 6.26. The SMILES string of the molecule is Cc1ncsc1CNCC(C)(O)c1cccc(C(F)(F)F)c1. The monoisotopic (exact) mass is 330 g/mol. The zero-order valence-corrected chi connectivity index (χ0v) is 13.1. The summed E-state index contributed by atoms with van der Waals surface area (Å²) < 4.78 is 38.2. The fourth-order valence-corrected chi connectivity index (χ4v) is 2.79. The Balaban J connectivity index is 2.05. The predicted molar refractivity (Wildman–Crippen MR) is 79.6 cm³/mol. The number of hydrogen-bond donors (Lipinski definition) is 2. The van der Waals surface area contributed by atoms with E-state index in [-0.39, 0.29) is 12.1 Å². The van der Waals surface area contributed by atoms with Crippen LogP contribution in [-0.4, -0.2) is 16.6 Å². The molecule has 0 spiro atoms. The third-order valence-corrected chi connectivity index (χ3v) is 4.35. The van der Waals surface area contributed by atoms with Crippen LogP contribution in [0.2, 0.25) is 0 Å². The lowest BCUT2D eigenvalue weighted by molar-refractivity contribution is -0.137. The van der Waals surface area contributed by atoms with Gasteiger partial charge in [-0.3, -0.25) is 0 Å². The number of aromatic nitrogens is 1. The van der Waals surface area contributed by atoms with Gasteiger partial charge in [-0.15, -0.1) is 11.3 Å². The lowest BCUT2D eigenvalue weighted by Crippen LogP contribution is -2.35. The molecule has 0 saturated carbocycles. The molecule has 0 radical (unpaired) electrons. The fourth-order valence-electron chi connectivity index (χ4n) is 2.05. The van der Waals surface area contributed by atoms with Crippen LogP contribution in [0.3, 0.4) is 0 Å². The molecule has 0 aliphatic rings. The van der Waals surface area contributed by atoms with Gasteiger partial charge in [-0.05, 0) is 31.5 Å². The van der Waals surface area contributed by atoms with E-state index in [1.54, 1.807) is 5.51 Å². The number of rotatable bonds is 5. The van der Waals surface area contributed by atoms with Gasteiger partial charge in [0.2, 0.25) is 0 Å². The van der Waals surface area contributed by atoms with Gasteiger partial charge in [0, 0.05) is 18.0 Å². The second-order valence-electron chi connectivity index (χ2n) is 5.32. The quantitative estimate of drug-likeness (QED) is 0.882. The summed E-state index contributed by atoms with van der Waals surface area (Å²) in [4.78, 5) is 5.16. The lowest BCUT2D eigenvalue weighted by atomic mass is 9.94. The van der Waals surface area contributed by atoms with Crippen LogP contribution in [0.4, 0.5) is 13.2 Å². The summed E-state index contributed by atoms with van der Waals surface area (Å²) in [6, 6.07) is 4.78. The van der Waals surface area contributed by atoms with E-state index >= 15 is 0 Å².